The van der Waals surface area contributed by atoms with Crippen LogP contribution in [0, 0.1) is 17.0 Å². The molecule has 0 bridgehead atoms. The number of fused-ring (bicyclic) bond motifs is 4. The molecule has 7 heteroatoms. The Morgan fingerprint density at radius 1 is 1.10 bits per heavy atom. The van der Waals surface area contributed by atoms with E-state index < -0.39 is 4.92 Å². The Hall–Kier alpha value is -3.09. The van der Waals surface area contributed by atoms with Crippen LogP contribution in [-0.4, -0.2) is 24.3 Å². The van der Waals surface area contributed by atoms with E-state index in [-0.39, 0.29) is 5.69 Å². The number of aryl methyl sites for hydroxylation is 1. The average Bonchev–Trinajstić information content (AvgIpc) is 2.81. The lowest BCUT2D eigenvalue weighted by Gasteiger charge is -1.99. The van der Waals surface area contributed by atoms with Crippen LogP contribution in [0.5, 0.6) is 0 Å². The van der Waals surface area contributed by atoms with E-state index in [9.17, 15) is 10.1 Å². The van der Waals surface area contributed by atoms with Crippen molar-refractivity contribution in [3.63, 3.8) is 0 Å². The van der Waals surface area contributed by atoms with Crippen molar-refractivity contribution in [2.45, 2.75) is 6.92 Å². The zero-order chi connectivity index (χ0) is 14.6. The van der Waals surface area contributed by atoms with Crippen LogP contribution in [0.15, 0.2) is 36.5 Å². The minimum atomic E-state index is -0.441. The molecule has 0 radical (unpaired) electrons. The Balaban J connectivity index is 2.12. The van der Waals surface area contributed by atoms with Crippen molar-refractivity contribution in [2.75, 3.05) is 0 Å². The number of benzene rings is 1. The summed E-state index contributed by atoms with van der Waals surface area (Å²) < 4.78 is 1.84. The van der Waals surface area contributed by atoms with Crippen molar-refractivity contribution in [1.82, 2.24) is 19.4 Å². The summed E-state index contributed by atoms with van der Waals surface area (Å²) in [7, 11) is 0. The van der Waals surface area contributed by atoms with Crippen LogP contribution in [0.3, 0.4) is 0 Å². The summed E-state index contributed by atoms with van der Waals surface area (Å²) in [5.74, 6) is 0. The van der Waals surface area contributed by atoms with Crippen LogP contribution >= 0.6 is 0 Å². The molecule has 0 fully saturated rings. The third kappa shape index (κ3) is 1.71. The lowest BCUT2D eigenvalue weighted by atomic mass is 10.2. The number of nitro groups is 1. The maximum absolute atomic E-state index is 10.9. The molecule has 3 heterocycles. The third-order valence-electron chi connectivity index (χ3n) is 3.35. The van der Waals surface area contributed by atoms with Crippen LogP contribution in [0.25, 0.3) is 28.0 Å². The SMILES string of the molecule is Cc1ccc2nc3nc4ccc([N+](=O)[O-])cc4nc3n2c1. The van der Waals surface area contributed by atoms with Gasteiger partial charge in [0.25, 0.3) is 5.69 Å². The molecule has 4 rings (SSSR count). The third-order valence-corrected chi connectivity index (χ3v) is 3.35. The fourth-order valence-electron chi connectivity index (χ4n) is 2.34. The zero-order valence-corrected chi connectivity index (χ0v) is 11.0. The molecule has 0 saturated heterocycles. The van der Waals surface area contributed by atoms with Gasteiger partial charge in [-0.25, -0.2) is 15.0 Å². The summed E-state index contributed by atoms with van der Waals surface area (Å²) in [5, 5.41) is 10.9. The minimum Gasteiger partial charge on any atom is -0.282 e. The van der Waals surface area contributed by atoms with Crippen molar-refractivity contribution in [1.29, 1.82) is 0 Å². The molecular formula is C14H9N5O2. The molecule has 4 aromatic rings. The van der Waals surface area contributed by atoms with Crippen molar-refractivity contribution in [3.8, 4) is 0 Å². The largest absolute Gasteiger partial charge is 0.282 e. The molecule has 7 nitrogen and oxygen atoms in total. The van der Waals surface area contributed by atoms with E-state index in [2.05, 4.69) is 15.0 Å². The summed E-state index contributed by atoms with van der Waals surface area (Å²) in [6.07, 6.45) is 1.92. The number of hydrogen-bond acceptors (Lipinski definition) is 5. The number of nitro benzene ring substituents is 1. The van der Waals surface area contributed by atoms with Gasteiger partial charge < -0.3 is 0 Å². The van der Waals surface area contributed by atoms with Gasteiger partial charge in [-0.2, -0.15) is 0 Å². The molecule has 0 aliphatic carbocycles. The first-order valence-corrected chi connectivity index (χ1v) is 6.32. The molecule has 0 N–H and O–H groups in total. The van der Waals surface area contributed by atoms with Gasteiger partial charge in [0.05, 0.1) is 16.0 Å². The number of pyridine rings is 1. The second-order valence-corrected chi connectivity index (χ2v) is 4.85. The molecule has 0 atom stereocenters. The molecule has 0 spiro atoms. The summed E-state index contributed by atoms with van der Waals surface area (Å²) in [5.41, 5.74) is 4.03. The molecule has 0 amide bonds. The van der Waals surface area contributed by atoms with E-state index in [0.29, 0.717) is 22.3 Å². The highest BCUT2D eigenvalue weighted by molar-refractivity contribution is 5.86. The second kappa shape index (κ2) is 3.95. The number of imidazole rings is 1. The second-order valence-electron chi connectivity index (χ2n) is 4.85. The van der Waals surface area contributed by atoms with E-state index in [1.807, 2.05) is 29.7 Å². The summed E-state index contributed by atoms with van der Waals surface area (Å²) in [4.78, 5) is 23.7. The van der Waals surface area contributed by atoms with Gasteiger partial charge in [0.1, 0.15) is 5.65 Å². The van der Waals surface area contributed by atoms with Crippen molar-refractivity contribution < 1.29 is 4.92 Å². The highest BCUT2D eigenvalue weighted by Crippen LogP contribution is 2.21. The van der Waals surface area contributed by atoms with E-state index in [0.717, 1.165) is 11.2 Å². The maximum Gasteiger partial charge on any atom is 0.271 e. The van der Waals surface area contributed by atoms with Gasteiger partial charge in [0, 0.05) is 18.3 Å². The van der Waals surface area contributed by atoms with E-state index in [1.165, 1.54) is 12.1 Å². The highest BCUT2D eigenvalue weighted by atomic mass is 16.6. The first-order valence-electron chi connectivity index (χ1n) is 6.32. The predicted octanol–water partition coefficient (Wildman–Crippen LogP) is 2.65. The Kier molecular flexibility index (Phi) is 2.20. The molecule has 0 aliphatic rings. The quantitative estimate of drug-likeness (QED) is 0.395. The van der Waals surface area contributed by atoms with E-state index >= 15 is 0 Å². The standard InChI is InChI=1S/C14H9N5O2/c1-8-2-5-12-17-13-14(18(12)7-8)16-11-6-9(19(20)21)3-4-10(11)15-13/h2-7H,1H3. The molecular weight excluding hydrogens is 270 g/mol. The van der Waals surface area contributed by atoms with Gasteiger partial charge in [-0.05, 0) is 24.6 Å². The molecule has 0 unspecified atom stereocenters. The average molecular weight is 279 g/mol. The van der Waals surface area contributed by atoms with Crippen molar-refractivity contribution in [3.05, 3.63) is 52.2 Å². The van der Waals surface area contributed by atoms with Gasteiger partial charge in [-0.3, -0.25) is 14.5 Å². The smallest absolute Gasteiger partial charge is 0.271 e. The van der Waals surface area contributed by atoms with Crippen molar-refractivity contribution >= 4 is 33.7 Å². The fraction of sp³-hybridized carbons (Fsp3) is 0.0714. The molecule has 0 aliphatic heterocycles. The topological polar surface area (TPSA) is 86.2 Å². The zero-order valence-electron chi connectivity index (χ0n) is 11.0. The van der Waals surface area contributed by atoms with Crippen LogP contribution < -0.4 is 0 Å². The normalized spacial score (nSPS) is 11.5. The van der Waals surface area contributed by atoms with Gasteiger partial charge in [-0.1, -0.05) is 6.07 Å². The van der Waals surface area contributed by atoms with Crippen LogP contribution in [0.4, 0.5) is 5.69 Å². The van der Waals surface area contributed by atoms with Crippen LogP contribution in [0.1, 0.15) is 5.56 Å². The van der Waals surface area contributed by atoms with Crippen molar-refractivity contribution in [2.24, 2.45) is 0 Å². The first kappa shape index (κ1) is 11.7. The number of aromatic nitrogens is 4. The Morgan fingerprint density at radius 2 is 1.95 bits per heavy atom. The lowest BCUT2D eigenvalue weighted by molar-refractivity contribution is -0.384. The molecule has 102 valence electrons. The Morgan fingerprint density at radius 3 is 2.76 bits per heavy atom. The summed E-state index contributed by atoms with van der Waals surface area (Å²) in [6, 6.07) is 8.30. The molecule has 3 aromatic heterocycles. The van der Waals surface area contributed by atoms with Gasteiger partial charge >= 0.3 is 0 Å². The maximum atomic E-state index is 10.9. The number of non-ortho nitro benzene ring substituents is 1. The summed E-state index contributed by atoms with van der Waals surface area (Å²) in [6.45, 7) is 1.98. The molecule has 1 aromatic carbocycles. The van der Waals surface area contributed by atoms with Gasteiger partial charge in [0.2, 0.25) is 0 Å². The first-order chi connectivity index (χ1) is 10.1. The fourth-order valence-corrected chi connectivity index (χ4v) is 2.34. The monoisotopic (exact) mass is 279 g/mol. The lowest BCUT2D eigenvalue weighted by Crippen LogP contribution is -1.92. The van der Waals surface area contributed by atoms with Gasteiger partial charge in [-0.15, -0.1) is 0 Å². The minimum absolute atomic E-state index is 0.00107. The Bertz CT molecular complexity index is 1040. The van der Waals surface area contributed by atoms with Crippen LogP contribution in [0.2, 0.25) is 0 Å². The van der Waals surface area contributed by atoms with E-state index in [4.69, 9.17) is 0 Å². The van der Waals surface area contributed by atoms with Gasteiger partial charge in [0.15, 0.2) is 11.3 Å². The summed E-state index contributed by atoms with van der Waals surface area (Å²) >= 11 is 0. The number of nitrogens with zero attached hydrogens (tertiary/aromatic N) is 5. The molecule has 21 heavy (non-hydrogen) atoms. The molecule has 0 saturated carbocycles. The van der Waals surface area contributed by atoms with Crippen LogP contribution in [-0.2, 0) is 0 Å². The van der Waals surface area contributed by atoms with E-state index in [1.54, 1.807) is 6.07 Å². The Labute approximate surface area is 118 Å². The number of rotatable bonds is 1. The predicted molar refractivity (Wildman–Crippen MR) is 77.2 cm³/mol. The number of hydrogen-bond donors (Lipinski definition) is 0. The highest BCUT2D eigenvalue weighted by Gasteiger charge is 2.12.